The van der Waals surface area contributed by atoms with E-state index >= 15 is 0 Å². The van der Waals surface area contributed by atoms with Crippen LogP contribution < -0.4 is 0 Å². The quantitative estimate of drug-likeness (QED) is 0.784. The number of nitrogens with zero attached hydrogens (tertiary/aromatic N) is 1. The van der Waals surface area contributed by atoms with E-state index in [1.54, 1.807) is 23.1 Å². The Morgan fingerprint density at radius 2 is 1.85 bits per heavy atom. The molecule has 0 atom stereocenters. The van der Waals surface area contributed by atoms with Crippen molar-refractivity contribution in [2.75, 3.05) is 13.1 Å². The Balaban J connectivity index is 2.45. The van der Waals surface area contributed by atoms with Gasteiger partial charge in [0.25, 0.3) is 5.91 Å². The maximum atomic E-state index is 12.5. The van der Waals surface area contributed by atoms with Crippen LogP contribution in [0.1, 0.15) is 34.8 Å². The van der Waals surface area contributed by atoms with Gasteiger partial charge in [0, 0.05) is 18.7 Å². The average molecular weight is 271 g/mol. The number of benzene rings is 1. The van der Waals surface area contributed by atoms with E-state index in [1.807, 2.05) is 32.0 Å². The van der Waals surface area contributed by atoms with Crippen LogP contribution in [0, 0.1) is 0 Å². The first-order valence-corrected chi connectivity index (χ1v) is 6.65. The molecular formula is C16H17NO3. The third-order valence-corrected chi connectivity index (χ3v) is 3.22. The number of carbonyl (C=O) groups excluding carboxylic acids is 2. The summed E-state index contributed by atoms with van der Waals surface area (Å²) in [7, 11) is 0. The molecule has 4 nitrogen and oxygen atoms in total. The molecule has 0 aliphatic carbocycles. The monoisotopic (exact) mass is 271 g/mol. The van der Waals surface area contributed by atoms with E-state index in [2.05, 4.69) is 0 Å². The lowest BCUT2D eigenvalue weighted by atomic mass is 10.0. The SMILES string of the molecule is CCN(CC)C(=O)c1ccccc1-c1ccc(C=O)o1. The summed E-state index contributed by atoms with van der Waals surface area (Å²) >= 11 is 0. The average Bonchev–Trinajstić information content (AvgIpc) is 2.97. The first-order chi connectivity index (χ1) is 9.71. The van der Waals surface area contributed by atoms with Gasteiger partial charge in [-0.05, 0) is 32.0 Å². The molecule has 0 saturated heterocycles. The maximum Gasteiger partial charge on any atom is 0.254 e. The molecule has 0 spiro atoms. The number of amides is 1. The molecule has 1 heterocycles. The van der Waals surface area contributed by atoms with E-state index in [4.69, 9.17) is 4.42 Å². The van der Waals surface area contributed by atoms with Gasteiger partial charge in [-0.1, -0.05) is 18.2 Å². The van der Waals surface area contributed by atoms with E-state index in [9.17, 15) is 9.59 Å². The minimum absolute atomic E-state index is 0.0327. The van der Waals surface area contributed by atoms with E-state index in [0.29, 0.717) is 36.3 Å². The van der Waals surface area contributed by atoms with Crippen molar-refractivity contribution in [2.45, 2.75) is 13.8 Å². The number of carbonyl (C=O) groups is 2. The van der Waals surface area contributed by atoms with E-state index < -0.39 is 0 Å². The predicted molar refractivity (Wildman–Crippen MR) is 76.8 cm³/mol. The lowest BCUT2D eigenvalue weighted by Gasteiger charge is -2.19. The predicted octanol–water partition coefficient (Wildman–Crippen LogP) is 3.24. The van der Waals surface area contributed by atoms with Gasteiger partial charge < -0.3 is 9.32 Å². The fraction of sp³-hybridized carbons (Fsp3) is 0.250. The van der Waals surface area contributed by atoms with Crippen LogP contribution >= 0.6 is 0 Å². The summed E-state index contributed by atoms with van der Waals surface area (Å²) in [6.45, 7) is 5.20. The minimum Gasteiger partial charge on any atom is -0.453 e. The van der Waals surface area contributed by atoms with Crippen LogP contribution in [0.25, 0.3) is 11.3 Å². The highest BCUT2D eigenvalue weighted by molar-refractivity contribution is 6.00. The number of hydrogen-bond acceptors (Lipinski definition) is 3. The van der Waals surface area contributed by atoms with Crippen molar-refractivity contribution >= 4 is 12.2 Å². The van der Waals surface area contributed by atoms with Crippen LogP contribution in [0.4, 0.5) is 0 Å². The normalized spacial score (nSPS) is 10.3. The van der Waals surface area contributed by atoms with E-state index in [1.165, 1.54) is 0 Å². The van der Waals surface area contributed by atoms with Crippen molar-refractivity contribution in [1.29, 1.82) is 0 Å². The molecular weight excluding hydrogens is 254 g/mol. The van der Waals surface area contributed by atoms with Crippen LogP contribution in [0.15, 0.2) is 40.8 Å². The largest absolute Gasteiger partial charge is 0.453 e. The van der Waals surface area contributed by atoms with Gasteiger partial charge >= 0.3 is 0 Å². The second-order valence-electron chi connectivity index (χ2n) is 4.34. The van der Waals surface area contributed by atoms with Gasteiger partial charge in [-0.15, -0.1) is 0 Å². The highest BCUT2D eigenvalue weighted by Gasteiger charge is 2.18. The number of hydrogen-bond donors (Lipinski definition) is 0. The Morgan fingerprint density at radius 1 is 1.15 bits per heavy atom. The standard InChI is InChI=1S/C16H17NO3/c1-3-17(4-2)16(19)14-8-6-5-7-13(14)15-10-9-12(11-18)20-15/h5-11H,3-4H2,1-2H3. The molecule has 0 N–H and O–H groups in total. The summed E-state index contributed by atoms with van der Waals surface area (Å²) in [5, 5.41) is 0. The van der Waals surface area contributed by atoms with Crippen LogP contribution in [-0.2, 0) is 0 Å². The molecule has 1 aromatic heterocycles. The van der Waals surface area contributed by atoms with Crippen LogP contribution in [-0.4, -0.2) is 30.2 Å². The zero-order chi connectivity index (χ0) is 14.5. The molecule has 0 aliphatic rings. The Morgan fingerprint density at radius 3 is 2.45 bits per heavy atom. The number of aldehydes is 1. The van der Waals surface area contributed by atoms with Gasteiger partial charge in [0.05, 0.1) is 5.56 Å². The molecule has 0 fully saturated rings. The van der Waals surface area contributed by atoms with Gasteiger partial charge in [0.2, 0.25) is 0 Å². The molecule has 104 valence electrons. The van der Waals surface area contributed by atoms with E-state index in [-0.39, 0.29) is 11.7 Å². The fourth-order valence-corrected chi connectivity index (χ4v) is 2.13. The lowest BCUT2D eigenvalue weighted by molar-refractivity contribution is 0.0773. The summed E-state index contributed by atoms with van der Waals surface area (Å²) in [4.78, 5) is 24.9. The van der Waals surface area contributed by atoms with Crippen molar-refractivity contribution < 1.29 is 14.0 Å². The Kier molecular flexibility index (Phi) is 4.35. The second-order valence-corrected chi connectivity index (χ2v) is 4.34. The minimum atomic E-state index is -0.0327. The zero-order valence-corrected chi connectivity index (χ0v) is 11.6. The van der Waals surface area contributed by atoms with E-state index in [0.717, 1.165) is 0 Å². The van der Waals surface area contributed by atoms with Crippen LogP contribution in [0.2, 0.25) is 0 Å². The van der Waals surface area contributed by atoms with Crippen LogP contribution in [0.5, 0.6) is 0 Å². The molecule has 20 heavy (non-hydrogen) atoms. The Labute approximate surface area is 118 Å². The van der Waals surface area contributed by atoms with Crippen molar-refractivity contribution in [3.8, 4) is 11.3 Å². The molecule has 0 aliphatic heterocycles. The molecule has 1 aromatic carbocycles. The first-order valence-electron chi connectivity index (χ1n) is 6.65. The molecule has 4 heteroatoms. The fourth-order valence-electron chi connectivity index (χ4n) is 2.13. The van der Waals surface area contributed by atoms with Gasteiger partial charge in [-0.25, -0.2) is 0 Å². The topological polar surface area (TPSA) is 50.5 Å². The smallest absolute Gasteiger partial charge is 0.254 e. The third kappa shape index (κ3) is 2.64. The molecule has 2 aromatic rings. The van der Waals surface area contributed by atoms with Crippen molar-refractivity contribution in [1.82, 2.24) is 4.90 Å². The lowest BCUT2D eigenvalue weighted by Crippen LogP contribution is -2.30. The van der Waals surface area contributed by atoms with Gasteiger partial charge in [-0.3, -0.25) is 9.59 Å². The molecule has 0 bridgehead atoms. The first kappa shape index (κ1) is 14.1. The maximum absolute atomic E-state index is 12.5. The molecule has 0 radical (unpaired) electrons. The van der Waals surface area contributed by atoms with Gasteiger partial charge in [0.15, 0.2) is 12.0 Å². The molecule has 1 amide bonds. The van der Waals surface area contributed by atoms with Crippen molar-refractivity contribution in [2.24, 2.45) is 0 Å². The van der Waals surface area contributed by atoms with Crippen LogP contribution in [0.3, 0.4) is 0 Å². The Hall–Kier alpha value is -2.36. The molecule has 2 rings (SSSR count). The number of rotatable bonds is 5. The summed E-state index contributed by atoms with van der Waals surface area (Å²) in [5.41, 5.74) is 1.29. The Bertz CT molecular complexity index is 612. The highest BCUT2D eigenvalue weighted by Crippen LogP contribution is 2.26. The third-order valence-electron chi connectivity index (χ3n) is 3.22. The summed E-state index contributed by atoms with van der Waals surface area (Å²) in [6.07, 6.45) is 0.651. The number of furan rings is 1. The zero-order valence-electron chi connectivity index (χ0n) is 11.6. The van der Waals surface area contributed by atoms with Crippen molar-refractivity contribution in [3.05, 3.63) is 47.7 Å². The molecule has 0 saturated carbocycles. The summed E-state index contributed by atoms with van der Waals surface area (Å²) < 4.78 is 5.42. The molecule has 0 unspecified atom stereocenters. The van der Waals surface area contributed by atoms with Crippen molar-refractivity contribution in [3.63, 3.8) is 0 Å². The summed E-state index contributed by atoms with van der Waals surface area (Å²) in [6, 6.07) is 10.6. The summed E-state index contributed by atoms with van der Waals surface area (Å²) in [5.74, 6) is 0.753. The van der Waals surface area contributed by atoms with Gasteiger partial charge in [-0.2, -0.15) is 0 Å². The highest BCUT2D eigenvalue weighted by atomic mass is 16.3. The van der Waals surface area contributed by atoms with Gasteiger partial charge in [0.1, 0.15) is 5.76 Å². The second kappa shape index (κ2) is 6.19.